The van der Waals surface area contributed by atoms with E-state index in [0.717, 1.165) is 0 Å². The lowest BCUT2D eigenvalue weighted by molar-refractivity contribution is 0.538. The van der Waals surface area contributed by atoms with Crippen LogP contribution in [0.2, 0.25) is 0 Å². The van der Waals surface area contributed by atoms with Gasteiger partial charge < -0.3 is 0 Å². The first-order chi connectivity index (χ1) is 20.7. The lowest BCUT2D eigenvalue weighted by Gasteiger charge is -2.15. The summed E-state index contributed by atoms with van der Waals surface area (Å²) in [6.45, 7) is 9.39. The van der Waals surface area contributed by atoms with E-state index in [1.54, 1.807) is 22.3 Å². The third kappa shape index (κ3) is 22.7. The van der Waals surface area contributed by atoms with Crippen LogP contribution in [0.1, 0.15) is 229 Å². The molecular weight excluding hydrogens is 504 g/mol. The molecule has 0 aliphatic rings. The van der Waals surface area contributed by atoms with E-state index < -0.39 is 0 Å². The zero-order chi connectivity index (χ0) is 30.4. The minimum atomic E-state index is 1.28. The Balaban J connectivity index is 2.27. The highest BCUT2D eigenvalue weighted by Gasteiger charge is 2.08. The molecule has 0 heteroatoms. The molecule has 0 amide bonds. The number of aryl methyl sites for hydroxylation is 3. The van der Waals surface area contributed by atoms with Crippen molar-refractivity contribution in [1.82, 2.24) is 0 Å². The van der Waals surface area contributed by atoms with E-state index in [1.165, 1.54) is 205 Å². The molecule has 0 fully saturated rings. The highest BCUT2D eigenvalue weighted by molar-refractivity contribution is 5.39. The van der Waals surface area contributed by atoms with Crippen molar-refractivity contribution in [3.05, 3.63) is 34.4 Å². The molecule has 0 spiro atoms. The van der Waals surface area contributed by atoms with E-state index in [9.17, 15) is 0 Å². The van der Waals surface area contributed by atoms with Crippen molar-refractivity contribution < 1.29 is 0 Å². The van der Waals surface area contributed by atoms with Crippen molar-refractivity contribution in [2.45, 2.75) is 233 Å². The average Bonchev–Trinajstić information content (AvgIpc) is 2.99. The summed E-state index contributed by atoms with van der Waals surface area (Å²) in [4.78, 5) is 0. The predicted octanol–water partition coefficient (Wildman–Crippen LogP) is 15.0. The first-order valence-corrected chi connectivity index (χ1v) is 19.8. The second-order valence-electron chi connectivity index (χ2n) is 14.0. The minimum absolute atomic E-state index is 1.28. The van der Waals surface area contributed by atoms with Crippen molar-refractivity contribution in [2.75, 3.05) is 0 Å². The van der Waals surface area contributed by atoms with Crippen molar-refractivity contribution in [3.8, 4) is 0 Å². The molecule has 0 nitrogen and oxygen atoms in total. The van der Waals surface area contributed by atoms with Crippen molar-refractivity contribution >= 4 is 0 Å². The topological polar surface area (TPSA) is 0 Å². The normalized spacial score (nSPS) is 11.5. The predicted molar refractivity (Wildman–Crippen MR) is 193 cm³/mol. The van der Waals surface area contributed by atoms with E-state index in [2.05, 4.69) is 39.8 Å². The summed E-state index contributed by atoms with van der Waals surface area (Å²) in [6, 6.07) is 5.19. The van der Waals surface area contributed by atoms with E-state index in [0.29, 0.717) is 0 Å². The first-order valence-electron chi connectivity index (χ1n) is 19.8. The fraction of sp³-hybridized carbons (Fsp3) is 0.857. The fourth-order valence-electron chi connectivity index (χ4n) is 6.82. The van der Waals surface area contributed by atoms with Crippen LogP contribution in [0.15, 0.2) is 12.1 Å². The molecular formula is C42H78. The maximum Gasteiger partial charge on any atom is -0.0276 e. The van der Waals surface area contributed by atoms with Crippen LogP contribution in [0.5, 0.6) is 0 Å². The molecule has 1 rings (SSSR count). The zero-order valence-electron chi connectivity index (χ0n) is 29.8. The van der Waals surface area contributed by atoms with Gasteiger partial charge in [-0.05, 0) is 67.7 Å². The molecule has 0 atom stereocenters. The minimum Gasteiger partial charge on any atom is -0.0654 e. The molecule has 0 bridgehead atoms. The van der Waals surface area contributed by atoms with Crippen LogP contribution in [0.3, 0.4) is 0 Å². The Labute approximate surface area is 267 Å². The summed E-state index contributed by atoms with van der Waals surface area (Å²) in [5, 5.41) is 0. The molecule has 0 heterocycles. The van der Waals surface area contributed by atoms with Crippen LogP contribution < -0.4 is 0 Å². The van der Waals surface area contributed by atoms with Gasteiger partial charge in [-0.25, -0.2) is 0 Å². The summed E-state index contributed by atoms with van der Waals surface area (Å²) in [7, 11) is 0. The van der Waals surface area contributed by atoms with Crippen molar-refractivity contribution in [3.63, 3.8) is 0 Å². The van der Waals surface area contributed by atoms with E-state index >= 15 is 0 Å². The van der Waals surface area contributed by atoms with Gasteiger partial charge in [0.25, 0.3) is 0 Å². The van der Waals surface area contributed by atoms with Crippen LogP contribution >= 0.6 is 0 Å². The van der Waals surface area contributed by atoms with Crippen LogP contribution in [0, 0.1) is 6.92 Å². The Hall–Kier alpha value is -0.780. The van der Waals surface area contributed by atoms with Crippen molar-refractivity contribution in [2.24, 2.45) is 0 Å². The maximum atomic E-state index is 2.60. The quantitative estimate of drug-likeness (QED) is 0.0741. The third-order valence-electron chi connectivity index (χ3n) is 9.85. The molecule has 0 N–H and O–H groups in total. The number of rotatable bonds is 32. The Morgan fingerprint density at radius 2 is 0.548 bits per heavy atom. The van der Waals surface area contributed by atoms with Gasteiger partial charge in [0.1, 0.15) is 0 Å². The summed E-state index contributed by atoms with van der Waals surface area (Å²) in [5.41, 5.74) is 6.61. The smallest absolute Gasteiger partial charge is 0.0276 e. The van der Waals surface area contributed by atoms with Gasteiger partial charge in [-0.1, -0.05) is 200 Å². The van der Waals surface area contributed by atoms with Crippen LogP contribution in [0.25, 0.3) is 0 Å². The number of hydrogen-bond donors (Lipinski definition) is 0. The molecule has 0 saturated heterocycles. The average molecular weight is 583 g/mol. The van der Waals surface area contributed by atoms with E-state index in [4.69, 9.17) is 0 Å². The van der Waals surface area contributed by atoms with Crippen molar-refractivity contribution in [1.29, 1.82) is 0 Å². The zero-order valence-corrected chi connectivity index (χ0v) is 29.8. The molecule has 0 radical (unpaired) electrons. The molecule has 0 saturated carbocycles. The molecule has 246 valence electrons. The molecule has 42 heavy (non-hydrogen) atoms. The van der Waals surface area contributed by atoms with Crippen LogP contribution in [-0.2, 0) is 19.3 Å². The largest absolute Gasteiger partial charge is 0.0654 e. The monoisotopic (exact) mass is 583 g/mol. The van der Waals surface area contributed by atoms with Gasteiger partial charge in [-0.2, -0.15) is 0 Å². The standard InChI is InChI=1S/C42H78/c1-5-8-11-13-15-17-19-21-23-25-27-29-32-35-41-37-40(34-31-10-7-3)38-42(39(41)4)36-33-30-28-26-24-22-20-18-16-14-12-9-6-2/h37-38H,5-36H2,1-4H3. The van der Waals surface area contributed by atoms with E-state index in [-0.39, 0.29) is 0 Å². The highest BCUT2D eigenvalue weighted by atomic mass is 14.1. The van der Waals surface area contributed by atoms with Gasteiger partial charge >= 0.3 is 0 Å². The van der Waals surface area contributed by atoms with Gasteiger partial charge in [-0.3, -0.25) is 0 Å². The second kappa shape index (κ2) is 30.3. The first kappa shape index (κ1) is 39.2. The summed E-state index contributed by atoms with van der Waals surface area (Å²) in [6.07, 6.45) is 45.5. The van der Waals surface area contributed by atoms with Gasteiger partial charge in [-0.15, -0.1) is 0 Å². The van der Waals surface area contributed by atoms with Crippen LogP contribution in [0.4, 0.5) is 0 Å². The summed E-state index contributed by atoms with van der Waals surface area (Å²) >= 11 is 0. The molecule has 0 aromatic heterocycles. The second-order valence-corrected chi connectivity index (χ2v) is 14.0. The van der Waals surface area contributed by atoms with Gasteiger partial charge in [0.15, 0.2) is 0 Å². The lowest BCUT2D eigenvalue weighted by Crippen LogP contribution is -2.01. The number of unbranched alkanes of at least 4 members (excludes halogenated alkanes) is 26. The molecule has 0 aliphatic carbocycles. The fourth-order valence-corrected chi connectivity index (χ4v) is 6.82. The lowest BCUT2D eigenvalue weighted by atomic mass is 9.90. The van der Waals surface area contributed by atoms with Gasteiger partial charge in [0, 0.05) is 0 Å². The third-order valence-corrected chi connectivity index (χ3v) is 9.85. The van der Waals surface area contributed by atoms with E-state index in [1.807, 2.05) is 0 Å². The molecule has 0 unspecified atom stereocenters. The van der Waals surface area contributed by atoms with Gasteiger partial charge in [0.05, 0.1) is 0 Å². The number of benzene rings is 1. The Kier molecular flexibility index (Phi) is 28.3. The maximum absolute atomic E-state index is 2.60. The summed E-state index contributed by atoms with van der Waals surface area (Å²) < 4.78 is 0. The molecule has 1 aromatic rings. The molecule has 1 aromatic carbocycles. The Bertz CT molecular complexity index is 634. The van der Waals surface area contributed by atoms with Crippen LogP contribution in [-0.4, -0.2) is 0 Å². The SMILES string of the molecule is CCCCCCCCCCCCCCCc1cc(CCCCC)cc(CCCCCCCCCCCCCCC)c1C. The Morgan fingerprint density at radius 1 is 0.310 bits per heavy atom. The molecule has 0 aliphatic heterocycles. The Morgan fingerprint density at radius 3 is 0.857 bits per heavy atom. The van der Waals surface area contributed by atoms with Gasteiger partial charge in [0.2, 0.25) is 0 Å². The number of hydrogen-bond acceptors (Lipinski definition) is 0. The summed E-state index contributed by atoms with van der Waals surface area (Å²) in [5.74, 6) is 0. The highest BCUT2D eigenvalue weighted by Crippen LogP contribution is 2.24.